The maximum Gasteiger partial charge on any atom is 0.248 e. The van der Waals surface area contributed by atoms with Gasteiger partial charge in [0, 0.05) is 17.8 Å². The summed E-state index contributed by atoms with van der Waals surface area (Å²) in [4.78, 5) is 12.5. The second-order valence-electron chi connectivity index (χ2n) is 5.93. The normalized spacial score (nSPS) is 10.6. The molecule has 10 heteroatoms. The second-order valence-corrected chi connectivity index (χ2v) is 5.93. The number of nitrogens with two attached hydrogens (primary N) is 1. The highest BCUT2D eigenvalue weighted by molar-refractivity contribution is 5.59. The first-order chi connectivity index (χ1) is 14.1. The number of methoxy groups -OCH3 is 1. The molecule has 0 fully saturated rings. The fraction of sp³-hybridized carbons (Fsp3) is 0.0526. The summed E-state index contributed by atoms with van der Waals surface area (Å²) < 4.78 is 20.5. The molecule has 146 valence electrons. The molecule has 0 aliphatic carbocycles. The summed E-state index contributed by atoms with van der Waals surface area (Å²) in [6, 6.07) is 15.7. The van der Waals surface area contributed by atoms with Crippen molar-refractivity contribution in [3.05, 3.63) is 66.7 Å². The predicted octanol–water partition coefficient (Wildman–Crippen LogP) is 3.27. The minimum Gasteiger partial charge on any atom is -0.497 e. The Hall–Kier alpha value is -4.21. The third kappa shape index (κ3) is 4.05. The maximum atomic E-state index is 14.1. The Morgan fingerprint density at radius 2 is 1.86 bits per heavy atom. The smallest absolute Gasteiger partial charge is 0.248 e. The Morgan fingerprint density at radius 3 is 2.62 bits per heavy atom. The third-order valence-corrected chi connectivity index (χ3v) is 3.97. The molecule has 0 radical (unpaired) electrons. The van der Waals surface area contributed by atoms with Gasteiger partial charge in [-0.1, -0.05) is 18.2 Å². The van der Waals surface area contributed by atoms with Crippen molar-refractivity contribution in [3.63, 3.8) is 0 Å². The molecule has 4 rings (SSSR count). The molecule has 0 saturated heterocycles. The van der Waals surface area contributed by atoms with Gasteiger partial charge in [0.2, 0.25) is 11.9 Å². The molecule has 0 atom stereocenters. The summed E-state index contributed by atoms with van der Waals surface area (Å²) in [7, 11) is 1.47. The van der Waals surface area contributed by atoms with Gasteiger partial charge < -0.3 is 21.1 Å². The first-order valence-corrected chi connectivity index (χ1v) is 8.60. The van der Waals surface area contributed by atoms with Crippen molar-refractivity contribution in [2.24, 2.45) is 0 Å². The summed E-state index contributed by atoms with van der Waals surface area (Å²) in [5, 5.41) is 10.2. The molecule has 2 aromatic carbocycles. The molecule has 9 nitrogen and oxygen atoms in total. The van der Waals surface area contributed by atoms with E-state index in [0.717, 1.165) is 5.69 Å². The van der Waals surface area contributed by atoms with Crippen LogP contribution >= 0.6 is 0 Å². The zero-order valence-electron chi connectivity index (χ0n) is 15.4. The van der Waals surface area contributed by atoms with Gasteiger partial charge in [-0.05, 0) is 24.3 Å². The number of rotatable bonds is 6. The van der Waals surface area contributed by atoms with Crippen LogP contribution in [0.1, 0.15) is 0 Å². The number of aromatic nitrogens is 5. The first-order valence-electron chi connectivity index (χ1n) is 8.60. The number of hydrogen-bond donors (Lipinski definition) is 3. The molecular weight excluding hydrogens is 375 g/mol. The van der Waals surface area contributed by atoms with Crippen LogP contribution in [0.4, 0.5) is 33.5 Å². The van der Waals surface area contributed by atoms with E-state index in [1.165, 1.54) is 30.3 Å². The quantitative estimate of drug-likeness (QED) is 0.458. The van der Waals surface area contributed by atoms with E-state index in [1.807, 2.05) is 30.3 Å². The van der Waals surface area contributed by atoms with Crippen LogP contribution in [-0.4, -0.2) is 31.8 Å². The van der Waals surface area contributed by atoms with Crippen LogP contribution in [0.15, 0.2) is 60.9 Å². The van der Waals surface area contributed by atoms with Gasteiger partial charge in [-0.15, -0.1) is 5.10 Å². The lowest BCUT2D eigenvalue weighted by Gasteiger charge is -2.07. The summed E-state index contributed by atoms with van der Waals surface area (Å²) in [5.74, 6) is 1.09. The molecule has 2 heterocycles. The zero-order valence-corrected chi connectivity index (χ0v) is 15.4. The van der Waals surface area contributed by atoms with Gasteiger partial charge in [0.05, 0.1) is 12.8 Å². The fourth-order valence-electron chi connectivity index (χ4n) is 2.59. The molecule has 0 bridgehead atoms. The molecule has 0 aliphatic rings. The van der Waals surface area contributed by atoms with Gasteiger partial charge in [-0.25, -0.2) is 14.4 Å². The van der Waals surface area contributed by atoms with E-state index < -0.39 is 5.82 Å². The lowest BCUT2D eigenvalue weighted by Crippen LogP contribution is -2.06. The van der Waals surface area contributed by atoms with Crippen LogP contribution in [0.25, 0.3) is 5.82 Å². The van der Waals surface area contributed by atoms with Crippen molar-refractivity contribution in [2.45, 2.75) is 0 Å². The van der Waals surface area contributed by atoms with E-state index in [-0.39, 0.29) is 17.6 Å². The van der Waals surface area contributed by atoms with E-state index in [2.05, 4.69) is 30.7 Å². The lowest BCUT2D eigenvalue weighted by atomic mass is 10.3. The average Bonchev–Trinajstić information content (AvgIpc) is 3.10. The summed E-state index contributed by atoms with van der Waals surface area (Å²) >= 11 is 0. The molecular formula is C19H17FN8O. The number of hydrogen-bond acceptors (Lipinski definition) is 8. The third-order valence-electron chi connectivity index (χ3n) is 3.97. The Morgan fingerprint density at radius 1 is 1.03 bits per heavy atom. The average molecular weight is 392 g/mol. The summed E-state index contributed by atoms with van der Waals surface area (Å²) in [6.07, 6.45) is 1.39. The number of nitrogen functional groups attached to an aromatic ring is 1. The van der Waals surface area contributed by atoms with Gasteiger partial charge in [0.1, 0.15) is 23.7 Å². The summed E-state index contributed by atoms with van der Waals surface area (Å²) in [6.45, 7) is 0. The van der Waals surface area contributed by atoms with E-state index in [9.17, 15) is 4.39 Å². The second kappa shape index (κ2) is 7.80. The Balaban J connectivity index is 1.57. The number of benzene rings is 2. The van der Waals surface area contributed by atoms with Gasteiger partial charge in [-0.3, -0.25) is 0 Å². The SMILES string of the molecule is COc1ccc(Nc2nc(N)n(-c3cc(Nc4ccccc4)ncn3)n2)c(F)c1. The molecule has 0 unspecified atom stereocenters. The molecule has 0 saturated carbocycles. The number of anilines is 5. The maximum absolute atomic E-state index is 14.1. The molecule has 0 aliphatic heterocycles. The van der Waals surface area contributed by atoms with Crippen molar-refractivity contribution in [1.82, 2.24) is 24.7 Å². The highest BCUT2D eigenvalue weighted by atomic mass is 19.1. The standard InChI is InChI=1S/C19H17FN8O/c1-29-13-7-8-15(14(20)9-13)25-19-26-18(21)28(27-19)17-10-16(22-11-23-17)24-12-5-3-2-4-6-12/h2-11H,1H3,(H,22,23,24)(H3,21,25,26,27). The van der Waals surface area contributed by atoms with Crippen LogP contribution < -0.4 is 21.1 Å². The first kappa shape index (κ1) is 18.2. The van der Waals surface area contributed by atoms with Gasteiger partial charge in [0.25, 0.3) is 0 Å². The largest absolute Gasteiger partial charge is 0.497 e. The number of ether oxygens (including phenoxy) is 1. The van der Waals surface area contributed by atoms with Crippen LogP contribution in [0, 0.1) is 5.82 Å². The van der Waals surface area contributed by atoms with Crippen LogP contribution in [0.5, 0.6) is 5.75 Å². The highest BCUT2D eigenvalue weighted by Crippen LogP contribution is 2.24. The predicted molar refractivity (Wildman–Crippen MR) is 107 cm³/mol. The van der Waals surface area contributed by atoms with E-state index in [1.54, 1.807) is 12.1 Å². The topological polar surface area (TPSA) is 116 Å². The highest BCUT2D eigenvalue weighted by Gasteiger charge is 2.13. The van der Waals surface area contributed by atoms with Gasteiger partial charge in [0.15, 0.2) is 5.82 Å². The van der Waals surface area contributed by atoms with Gasteiger partial charge in [-0.2, -0.15) is 9.67 Å². The number of para-hydroxylation sites is 1. The molecule has 2 aromatic heterocycles. The van der Waals surface area contributed by atoms with Crippen molar-refractivity contribution < 1.29 is 9.13 Å². The number of halogens is 1. The minimum atomic E-state index is -0.504. The Kier molecular flexibility index (Phi) is 4.89. The molecule has 4 N–H and O–H groups in total. The van der Waals surface area contributed by atoms with E-state index >= 15 is 0 Å². The van der Waals surface area contributed by atoms with Crippen molar-refractivity contribution >= 4 is 29.1 Å². The van der Waals surface area contributed by atoms with E-state index in [4.69, 9.17) is 10.5 Å². The minimum absolute atomic E-state index is 0.0887. The van der Waals surface area contributed by atoms with E-state index in [0.29, 0.717) is 17.4 Å². The van der Waals surface area contributed by atoms with Gasteiger partial charge >= 0.3 is 0 Å². The van der Waals surface area contributed by atoms with Crippen molar-refractivity contribution in [3.8, 4) is 11.6 Å². The molecule has 0 amide bonds. The van der Waals surface area contributed by atoms with Crippen molar-refractivity contribution in [2.75, 3.05) is 23.5 Å². The van der Waals surface area contributed by atoms with Crippen LogP contribution in [-0.2, 0) is 0 Å². The van der Waals surface area contributed by atoms with Crippen LogP contribution in [0.3, 0.4) is 0 Å². The monoisotopic (exact) mass is 392 g/mol. The molecule has 4 aromatic rings. The number of nitrogens with one attached hydrogen (secondary N) is 2. The lowest BCUT2D eigenvalue weighted by molar-refractivity contribution is 0.411. The summed E-state index contributed by atoms with van der Waals surface area (Å²) in [5.41, 5.74) is 7.04. The van der Waals surface area contributed by atoms with Crippen LogP contribution in [0.2, 0.25) is 0 Å². The zero-order chi connectivity index (χ0) is 20.2. The number of nitrogens with zero attached hydrogens (tertiary/aromatic N) is 5. The Labute approximate surface area is 165 Å². The molecule has 29 heavy (non-hydrogen) atoms. The fourth-order valence-corrected chi connectivity index (χ4v) is 2.59. The van der Waals surface area contributed by atoms with Crippen molar-refractivity contribution in [1.29, 1.82) is 0 Å². The Bertz CT molecular complexity index is 1130. The molecule has 0 spiro atoms.